The van der Waals surface area contributed by atoms with Crippen LogP contribution < -0.4 is 5.32 Å². The van der Waals surface area contributed by atoms with Gasteiger partial charge in [0.2, 0.25) is 5.91 Å². The van der Waals surface area contributed by atoms with E-state index in [2.05, 4.69) is 21.6 Å². The van der Waals surface area contributed by atoms with E-state index in [9.17, 15) is 4.79 Å². The second kappa shape index (κ2) is 8.22. The Morgan fingerprint density at radius 3 is 2.68 bits per heavy atom. The van der Waals surface area contributed by atoms with Gasteiger partial charge in [-0.25, -0.2) is 0 Å². The van der Waals surface area contributed by atoms with Gasteiger partial charge >= 0.3 is 0 Å². The van der Waals surface area contributed by atoms with Crippen LogP contribution in [-0.4, -0.2) is 31.5 Å². The molecule has 1 aromatic carbocycles. The van der Waals surface area contributed by atoms with Gasteiger partial charge in [0.1, 0.15) is 5.76 Å². The molecule has 1 N–H and O–H groups in total. The molecule has 0 spiro atoms. The number of aryl methyl sites for hydroxylation is 1. The van der Waals surface area contributed by atoms with Crippen LogP contribution in [0.3, 0.4) is 0 Å². The van der Waals surface area contributed by atoms with Crippen molar-refractivity contribution in [3.8, 4) is 11.4 Å². The number of carbonyl (C=O) groups is 1. The van der Waals surface area contributed by atoms with E-state index >= 15 is 0 Å². The molecule has 28 heavy (non-hydrogen) atoms. The summed E-state index contributed by atoms with van der Waals surface area (Å²) in [7, 11) is 0. The molecule has 3 rings (SSSR count). The Kier molecular flexibility index (Phi) is 5.93. The van der Waals surface area contributed by atoms with Gasteiger partial charge in [-0.1, -0.05) is 35.5 Å². The molecule has 148 valence electrons. The second-order valence-electron chi connectivity index (χ2n) is 7.84. The summed E-state index contributed by atoms with van der Waals surface area (Å²) >= 11 is 1.40. The van der Waals surface area contributed by atoms with E-state index in [1.54, 1.807) is 6.26 Å². The molecule has 0 saturated carbocycles. The van der Waals surface area contributed by atoms with E-state index in [1.807, 2.05) is 69.5 Å². The molecule has 2 aromatic heterocycles. The Balaban J connectivity index is 1.91. The summed E-state index contributed by atoms with van der Waals surface area (Å²) < 4.78 is 7.53. The molecule has 1 unspecified atom stereocenters. The first-order valence-corrected chi connectivity index (χ1v) is 10.1. The lowest BCUT2D eigenvalue weighted by atomic mass is 10.1. The van der Waals surface area contributed by atoms with Crippen LogP contribution in [0.2, 0.25) is 0 Å². The average molecular weight is 399 g/mol. The maximum atomic E-state index is 12.5. The molecular weight excluding hydrogens is 372 g/mol. The van der Waals surface area contributed by atoms with E-state index in [1.165, 1.54) is 11.8 Å². The van der Waals surface area contributed by atoms with Crippen molar-refractivity contribution >= 4 is 17.7 Å². The average Bonchev–Trinajstić information content (AvgIpc) is 3.24. The van der Waals surface area contributed by atoms with Crippen LogP contribution in [0.4, 0.5) is 0 Å². The molecule has 0 fully saturated rings. The highest BCUT2D eigenvalue weighted by Crippen LogP contribution is 2.28. The molecule has 3 aromatic rings. The largest absolute Gasteiger partial charge is 0.467 e. The van der Waals surface area contributed by atoms with Crippen LogP contribution in [0.25, 0.3) is 11.4 Å². The monoisotopic (exact) mass is 398 g/mol. The molecule has 7 heteroatoms. The summed E-state index contributed by atoms with van der Waals surface area (Å²) in [5, 5.41) is 12.2. The maximum Gasteiger partial charge on any atom is 0.233 e. The van der Waals surface area contributed by atoms with E-state index in [0.717, 1.165) is 22.7 Å². The van der Waals surface area contributed by atoms with Gasteiger partial charge in [-0.3, -0.25) is 9.36 Å². The number of nitrogens with one attached hydrogen (secondary N) is 1. The molecule has 0 bridgehead atoms. The molecular formula is C21H26N4O2S. The minimum Gasteiger partial charge on any atom is -0.467 e. The number of hydrogen-bond acceptors (Lipinski definition) is 5. The number of hydrogen-bond donors (Lipinski definition) is 1. The van der Waals surface area contributed by atoms with Crippen LogP contribution >= 0.6 is 11.8 Å². The zero-order chi connectivity index (χ0) is 20.3. The van der Waals surface area contributed by atoms with Crippen molar-refractivity contribution < 1.29 is 9.21 Å². The van der Waals surface area contributed by atoms with E-state index in [-0.39, 0.29) is 16.7 Å². The second-order valence-corrected chi connectivity index (χ2v) is 9.15. The fourth-order valence-corrected chi connectivity index (χ4v) is 3.61. The van der Waals surface area contributed by atoms with Crippen molar-refractivity contribution in [1.82, 2.24) is 20.1 Å². The zero-order valence-corrected chi connectivity index (χ0v) is 17.7. The molecule has 0 aliphatic heterocycles. The van der Waals surface area contributed by atoms with Gasteiger partial charge in [0, 0.05) is 11.1 Å². The highest BCUT2D eigenvalue weighted by atomic mass is 32.2. The van der Waals surface area contributed by atoms with Gasteiger partial charge < -0.3 is 9.73 Å². The number of carbonyl (C=O) groups excluding carboxylic acids is 1. The lowest BCUT2D eigenvalue weighted by Crippen LogP contribution is -2.44. The van der Waals surface area contributed by atoms with E-state index in [4.69, 9.17) is 4.42 Å². The smallest absolute Gasteiger partial charge is 0.233 e. The van der Waals surface area contributed by atoms with Crippen LogP contribution in [-0.2, 0) is 11.3 Å². The molecule has 0 aliphatic carbocycles. The molecule has 1 amide bonds. The molecule has 0 radical (unpaired) electrons. The van der Waals surface area contributed by atoms with Crippen LogP contribution in [0, 0.1) is 6.92 Å². The number of amides is 1. The molecule has 0 saturated heterocycles. The van der Waals surface area contributed by atoms with Crippen molar-refractivity contribution in [3.63, 3.8) is 0 Å². The summed E-state index contributed by atoms with van der Waals surface area (Å²) in [6, 6.07) is 11.9. The van der Waals surface area contributed by atoms with Crippen molar-refractivity contribution in [2.75, 3.05) is 0 Å². The fraction of sp³-hybridized carbons (Fsp3) is 0.381. The summed E-state index contributed by atoms with van der Waals surface area (Å²) in [6.45, 7) is 10.3. The molecule has 6 nitrogen and oxygen atoms in total. The summed E-state index contributed by atoms with van der Waals surface area (Å²) in [4.78, 5) is 12.5. The Hall–Kier alpha value is -2.54. The highest BCUT2D eigenvalue weighted by Gasteiger charge is 2.24. The number of furan rings is 1. The molecule has 0 aliphatic rings. The van der Waals surface area contributed by atoms with Gasteiger partial charge in [0.25, 0.3) is 0 Å². The third-order valence-corrected chi connectivity index (χ3v) is 5.12. The zero-order valence-electron chi connectivity index (χ0n) is 16.9. The van der Waals surface area contributed by atoms with Crippen molar-refractivity contribution in [2.45, 2.75) is 57.1 Å². The molecule has 1 atom stereocenters. The Morgan fingerprint density at radius 2 is 2.04 bits per heavy atom. The number of benzene rings is 1. The number of rotatable bonds is 6. The summed E-state index contributed by atoms with van der Waals surface area (Å²) in [5.74, 6) is 1.54. The number of thioether (sulfide) groups is 1. The normalized spacial score (nSPS) is 12.8. The minimum atomic E-state index is -0.302. The van der Waals surface area contributed by atoms with Gasteiger partial charge in [0.05, 0.1) is 18.1 Å². The lowest BCUT2D eigenvalue weighted by Gasteiger charge is -2.22. The van der Waals surface area contributed by atoms with E-state index < -0.39 is 0 Å². The Labute approximate surface area is 169 Å². The van der Waals surface area contributed by atoms with Gasteiger partial charge in [-0.15, -0.1) is 10.2 Å². The Morgan fingerprint density at radius 1 is 1.25 bits per heavy atom. The van der Waals surface area contributed by atoms with Crippen molar-refractivity contribution in [3.05, 3.63) is 54.0 Å². The predicted octanol–water partition coefficient (Wildman–Crippen LogP) is 4.29. The first-order chi connectivity index (χ1) is 13.2. The predicted molar refractivity (Wildman–Crippen MR) is 111 cm³/mol. The van der Waals surface area contributed by atoms with Crippen molar-refractivity contribution in [1.29, 1.82) is 0 Å². The van der Waals surface area contributed by atoms with Gasteiger partial charge in [0.15, 0.2) is 11.0 Å². The van der Waals surface area contributed by atoms with E-state index in [0.29, 0.717) is 11.7 Å². The highest BCUT2D eigenvalue weighted by molar-refractivity contribution is 8.00. The van der Waals surface area contributed by atoms with Gasteiger partial charge in [-0.2, -0.15) is 0 Å². The van der Waals surface area contributed by atoms with Crippen LogP contribution in [0.5, 0.6) is 0 Å². The minimum absolute atomic E-state index is 0.0258. The third kappa shape index (κ3) is 5.04. The quantitative estimate of drug-likeness (QED) is 0.627. The third-order valence-electron chi connectivity index (χ3n) is 4.04. The standard InChI is InChI=1S/C21H26N4O2S/c1-14-8-6-9-16(12-14)18-23-24-20(25(18)13-17-10-7-11-27-17)28-15(2)19(26)22-21(3,4)5/h6-12,15H,13H2,1-5H3,(H,22,26). The van der Waals surface area contributed by atoms with Gasteiger partial charge in [-0.05, 0) is 52.8 Å². The summed E-state index contributed by atoms with van der Waals surface area (Å²) in [6.07, 6.45) is 1.65. The first kappa shape index (κ1) is 20.2. The number of nitrogens with zero attached hydrogens (tertiary/aromatic N) is 3. The van der Waals surface area contributed by atoms with Crippen LogP contribution in [0.15, 0.2) is 52.2 Å². The van der Waals surface area contributed by atoms with Crippen LogP contribution in [0.1, 0.15) is 39.0 Å². The topological polar surface area (TPSA) is 73.0 Å². The Bertz CT molecular complexity index is 942. The van der Waals surface area contributed by atoms with Crippen molar-refractivity contribution in [2.24, 2.45) is 0 Å². The fourth-order valence-electron chi connectivity index (χ4n) is 2.76. The SMILES string of the molecule is Cc1cccc(-c2nnc(SC(C)C(=O)NC(C)(C)C)n2Cc2ccco2)c1. The lowest BCUT2D eigenvalue weighted by molar-refractivity contribution is -0.121. The summed E-state index contributed by atoms with van der Waals surface area (Å²) in [5.41, 5.74) is 1.86. The maximum absolute atomic E-state index is 12.5. The first-order valence-electron chi connectivity index (χ1n) is 9.24. The number of aromatic nitrogens is 3. The molecule has 2 heterocycles.